The molecule has 7 nitrogen and oxygen atoms in total. The van der Waals surface area contributed by atoms with E-state index in [2.05, 4.69) is 15.6 Å². The van der Waals surface area contributed by atoms with Gasteiger partial charge in [-0.1, -0.05) is 12.1 Å². The van der Waals surface area contributed by atoms with Gasteiger partial charge in [0.05, 0.1) is 7.11 Å². The van der Waals surface area contributed by atoms with E-state index < -0.39 is 17.9 Å². The van der Waals surface area contributed by atoms with Crippen LogP contribution in [0.15, 0.2) is 48.7 Å². The highest BCUT2D eigenvalue weighted by Gasteiger charge is 2.16. The first kappa shape index (κ1) is 18.0. The molecule has 25 heavy (non-hydrogen) atoms. The van der Waals surface area contributed by atoms with E-state index in [0.717, 1.165) is 11.3 Å². The first-order chi connectivity index (χ1) is 12.0. The Morgan fingerprint density at radius 3 is 2.60 bits per heavy atom. The van der Waals surface area contributed by atoms with E-state index >= 15 is 0 Å². The lowest BCUT2D eigenvalue weighted by atomic mass is 10.2. The number of aromatic nitrogens is 1. The van der Waals surface area contributed by atoms with Gasteiger partial charge in [0.25, 0.3) is 0 Å². The normalized spacial score (nSPS) is 11.8. The van der Waals surface area contributed by atoms with Gasteiger partial charge >= 0.3 is 0 Å². The van der Waals surface area contributed by atoms with Gasteiger partial charge in [-0.05, 0) is 42.8 Å². The Labute approximate surface area is 145 Å². The van der Waals surface area contributed by atoms with E-state index in [0.29, 0.717) is 0 Å². The predicted octanol–water partition coefficient (Wildman–Crippen LogP) is 1.95. The van der Waals surface area contributed by atoms with Crippen molar-refractivity contribution in [3.8, 4) is 11.5 Å². The molecule has 0 radical (unpaired) electrons. The molecule has 7 heteroatoms. The first-order valence-corrected chi connectivity index (χ1v) is 7.57. The molecule has 2 amide bonds. The summed E-state index contributed by atoms with van der Waals surface area (Å²) in [6, 6.07) is 9.34. The fourth-order valence-corrected chi connectivity index (χ4v) is 1.93. The number of anilines is 1. The fourth-order valence-electron chi connectivity index (χ4n) is 1.93. The maximum Gasteiger partial charge on any atom is 0.247 e. The van der Waals surface area contributed by atoms with Crippen LogP contribution < -0.4 is 15.4 Å². The summed E-state index contributed by atoms with van der Waals surface area (Å²) in [5, 5.41) is 14.6. The maximum absolute atomic E-state index is 12.0. The summed E-state index contributed by atoms with van der Waals surface area (Å²) in [7, 11) is 1.58. The molecule has 0 bridgehead atoms. The average molecular weight is 341 g/mol. The Hall–Kier alpha value is -3.35. The fraction of sp³-hybridized carbons (Fsp3) is 0.167. The molecule has 1 aromatic carbocycles. The van der Waals surface area contributed by atoms with E-state index in [1.807, 2.05) is 12.1 Å². The topological polar surface area (TPSA) is 101 Å². The Morgan fingerprint density at radius 1 is 1.24 bits per heavy atom. The van der Waals surface area contributed by atoms with Gasteiger partial charge in [0.1, 0.15) is 11.8 Å². The minimum absolute atomic E-state index is 0.0439. The molecule has 0 aliphatic rings. The molecule has 2 rings (SSSR count). The van der Waals surface area contributed by atoms with E-state index in [9.17, 15) is 14.7 Å². The smallest absolute Gasteiger partial charge is 0.247 e. The number of nitrogens with zero attached hydrogens (tertiary/aromatic N) is 1. The van der Waals surface area contributed by atoms with Gasteiger partial charge in [0, 0.05) is 12.3 Å². The predicted molar refractivity (Wildman–Crippen MR) is 94.2 cm³/mol. The second kappa shape index (κ2) is 8.49. The summed E-state index contributed by atoms with van der Waals surface area (Å²) in [5.41, 5.74) is 0.825. The second-order valence-corrected chi connectivity index (χ2v) is 5.20. The maximum atomic E-state index is 12.0. The molecule has 0 spiro atoms. The molecule has 0 saturated heterocycles. The number of ether oxygens (including phenoxy) is 1. The number of aromatic hydroxyl groups is 1. The van der Waals surface area contributed by atoms with Crippen molar-refractivity contribution in [3.63, 3.8) is 0 Å². The zero-order chi connectivity index (χ0) is 18.2. The lowest BCUT2D eigenvalue weighted by Gasteiger charge is -2.13. The summed E-state index contributed by atoms with van der Waals surface area (Å²) in [6.07, 6.45) is 4.41. The number of benzene rings is 1. The van der Waals surface area contributed by atoms with Crippen LogP contribution >= 0.6 is 0 Å². The van der Waals surface area contributed by atoms with Gasteiger partial charge < -0.3 is 20.5 Å². The number of carbonyl (C=O) groups excluding carboxylic acids is 2. The van der Waals surface area contributed by atoms with Gasteiger partial charge in [-0.15, -0.1) is 0 Å². The number of methoxy groups -OCH3 is 1. The minimum atomic E-state index is -0.797. The number of carbonyl (C=O) groups is 2. The molecule has 1 heterocycles. The summed E-state index contributed by atoms with van der Waals surface area (Å²) in [4.78, 5) is 27.8. The molecule has 0 aliphatic heterocycles. The van der Waals surface area contributed by atoms with Gasteiger partial charge in [-0.25, -0.2) is 4.98 Å². The molecule has 1 atom stereocenters. The molecule has 0 fully saturated rings. The van der Waals surface area contributed by atoms with Crippen molar-refractivity contribution in [2.75, 3.05) is 12.4 Å². The number of nitrogens with one attached hydrogen (secondary N) is 2. The van der Waals surface area contributed by atoms with Gasteiger partial charge in [0.2, 0.25) is 11.8 Å². The average Bonchev–Trinajstić information content (AvgIpc) is 2.62. The molecule has 0 aliphatic carbocycles. The van der Waals surface area contributed by atoms with Crippen LogP contribution in [0, 0.1) is 0 Å². The van der Waals surface area contributed by atoms with Crippen molar-refractivity contribution >= 4 is 23.7 Å². The van der Waals surface area contributed by atoms with Crippen molar-refractivity contribution in [1.29, 1.82) is 0 Å². The highest BCUT2D eigenvalue weighted by molar-refractivity contribution is 5.99. The summed E-state index contributed by atoms with van der Waals surface area (Å²) in [5.74, 6) is -0.273. The van der Waals surface area contributed by atoms with Gasteiger partial charge in [-0.2, -0.15) is 0 Å². The molecule has 1 unspecified atom stereocenters. The summed E-state index contributed by atoms with van der Waals surface area (Å²) in [6.45, 7) is 1.54. The Morgan fingerprint density at radius 2 is 1.96 bits per heavy atom. The monoisotopic (exact) mass is 341 g/mol. The highest BCUT2D eigenvalue weighted by atomic mass is 16.5. The van der Waals surface area contributed by atoms with Crippen molar-refractivity contribution in [2.45, 2.75) is 13.0 Å². The third-order valence-corrected chi connectivity index (χ3v) is 3.32. The number of amides is 2. The molecule has 2 aromatic rings. The third kappa shape index (κ3) is 5.35. The van der Waals surface area contributed by atoms with E-state index in [1.54, 1.807) is 31.4 Å². The Balaban J connectivity index is 1.89. The van der Waals surface area contributed by atoms with Gasteiger partial charge in [-0.3, -0.25) is 9.59 Å². The zero-order valence-electron chi connectivity index (χ0n) is 13.9. The SMILES string of the molecule is COc1ccc(/C=C/C(=O)NC(C)C(=O)Nc2ncccc2O)cc1. The van der Waals surface area contributed by atoms with Crippen LogP contribution in [0.5, 0.6) is 11.5 Å². The van der Waals surface area contributed by atoms with Crippen LogP contribution in [-0.4, -0.2) is 35.1 Å². The van der Waals surface area contributed by atoms with E-state index in [1.165, 1.54) is 25.3 Å². The Bertz CT molecular complexity index is 772. The largest absolute Gasteiger partial charge is 0.504 e. The third-order valence-electron chi connectivity index (χ3n) is 3.32. The molecular weight excluding hydrogens is 322 g/mol. The van der Waals surface area contributed by atoms with Crippen molar-refractivity contribution < 1.29 is 19.4 Å². The number of hydrogen-bond acceptors (Lipinski definition) is 5. The van der Waals surface area contributed by atoms with E-state index in [4.69, 9.17) is 4.74 Å². The highest BCUT2D eigenvalue weighted by Crippen LogP contribution is 2.18. The quantitative estimate of drug-likeness (QED) is 0.697. The van der Waals surface area contributed by atoms with Crippen molar-refractivity contribution in [1.82, 2.24) is 10.3 Å². The summed E-state index contributed by atoms with van der Waals surface area (Å²) >= 11 is 0. The molecule has 1 aromatic heterocycles. The lowest BCUT2D eigenvalue weighted by molar-refractivity contribution is -0.123. The number of rotatable bonds is 6. The minimum Gasteiger partial charge on any atom is -0.504 e. The second-order valence-electron chi connectivity index (χ2n) is 5.20. The lowest BCUT2D eigenvalue weighted by Crippen LogP contribution is -2.41. The van der Waals surface area contributed by atoms with Crippen molar-refractivity contribution in [3.05, 3.63) is 54.2 Å². The van der Waals surface area contributed by atoms with Crippen LogP contribution in [-0.2, 0) is 9.59 Å². The van der Waals surface area contributed by atoms with E-state index in [-0.39, 0.29) is 11.6 Å². The van der Waals surface area contributed by atoms with Crippen LogP contribution in [0.1, 0.15) is 12.5 Å². The zero-order valence-corrected chi connectivity index (χ0v) is 13.9. The summed E-state index contributed by atoms with van der Waals surface area (Å²) < 4.78 is 5.06. The molecule has 3 N–H and O–H groups in total. The number of hydrogen-bond donors (Lipinski definition) is 3. The van der Waals surface area contributed by atoms with Crippen LogP contribution in [0.3, 0.4) is 0 Å². The molecule has 130 valence electrons. The molecule has 0 saturated carbocycles. The number of pyridine rings is 1. The van der Waals surface area contributed by atoms with Crippen LogP contribution in [0.4, 0.5) is 5.82 Å². The van der Waals surface area contributed by atoms with Crippen LogP contribution in [0.2, 0.25) is 0 Å². The van der Waals surface area contributed by atoms with Crippen LogP contribution in [0.25, 0.3) is 6.08 Å². The first-order valence-electron chi connectivity index (χ1n) is 7.57. The van der Waals surface area contributed by atoms with Crippen molar-refractivity contribution in [2.24, 2.45) is 0 Å². The molecular formula is C18H19N3O4. The standard InChI is InChI=1S/C18H19N3O4/c1-12(18(24)21-17-15(22)4-3-11-19-17)20-16(23)10-7-13-5-8-14(25-2)9-6-13/h3-12,22H,1-2H3,(H,20,23)(H,19,21,24)/b10-7+. The van der Waals surface area contributed by atoms with Gasteiger partial charge in [0.15, 0.2) is 11.6 Å². The Kier molecular flexibility index (Phi) is 6.11.